The van der Waals surface area contributed by atoms with E-state index < -0.39 is 23.0 Å². The van der Waals surface area contributed by atoms with Crippen molar-refractivity contribution >= 4 is 45.5 Å². The predicted molar refractivity (Wildman–Crippen MR) is 123 cm³/mol. The number of hydrogen-bond acceptors (Lipinski definition) is 4. The Hall–Kier alpha value is -2.87. The number of halogens is 2. The lowest BCUT2D eigenvalue weighted by atomic mass is 10.0. The van der Waals surface area contributed by atoms with Crippen molar-refractivity contribution in [3.63, 3.8) is 0 Å². The van der Waals surface area contributed by atoms with Gasteiger partial charge in [-0.3, -0.25) is 4.79 Å². The van der Waals surface area contributed by atoms with Gasteiger partial charge in [0.05, 0.1) is 22.6 Å². The number of carbonyl (C=O) groups excluding carboxylic acids is 1. The molecule has 0 bridgehead atoms. The number of aromatic amines is 1. The van der Waals surface area contributed by atoms with Crippen LogP contribution in [0.3, 0.4) is 0 Å². The Morgan fingerprint density at radius 1 is 1.16 bits per heavy atom. The molecule has 2 N–H and O–H groups in total. The van der Waals surface area contributed by atoms with E-state index >= 15 is 0 Å². The summed E-state index contributed by atoms with van der Waals surface area (Å²) in [5.74, 6) is -0.667. The van der Waals surface area contributed by atoms with Crippen molar-refractivity contribution in [2.24, 2.45) is 0 Å². The number of benzene rings is 2. The van der Waals surface area contributed by atoms with Crippen molar-refractivity contribution in [2.45, 2.75) is 13.3 Å². The lowest BCUT2D eigenvalue weighted by molar-refractivity contribution is 0.103. The number of ketones is 1. The third-order valence-corrected chi connectivity index (χ3v) is 6.28. The Balaban J connectivity index is 1.71. The maximum Gasteiger partial charge on any atom is 0.198 e. The summed E-state index contributed by atoms with van der Waals surface area (Å²) < 4.78 is 29.3. The molecule has 0 aliphatic carbocycles. The van der Waals surface area contributed by atoms with Crippen LogP contribution in [-0.4, -0.2) is 26.1 Å². The number of carbonyl (C=O) groups is 1. The molecule has 4 aromatic rings. The van der Waals surface area contributed by atoms with Gasteiger partial charge in [-0.05, 0) is 48.4 Å². The molecule has 0 saturated carbocycles. The molecule has 1 unspecified atom stereocenters. The summed E-state index contributed by atoms with van der Waals surface area (Å²) in [7, 11) is 0. The second-order valence-corrected chi connectivity index (χ2v) is 8.74. The number of nitrogens with one attached hydrogen (secondary N) is 2. The molecule has 158 valence electrons. The van der Waals surface area contributed by atoms with Crippen molar-refractivity contribution in [1.29, 1.82) is 0 Å². The van der Waals surface area contributed by atoms with Gasteiger partial charge in [0.1, 0.15) is 17.2 Å². The number of nitrogens with zero attached hydrogens (tertiary/aromatic N) is 1. The molecule has 0 aliphatic rings. The van der Waals surface area contributed by atoms with Gasteiger partial charge < -0.3 is 9.54 Å². The highest BCUT2D eigenvalue weighted by Gasteiger charge is 2.20. The van der Waals surface area contributed by atoms with Crippen molar-refractivity contribution in [2.75, 3.05) is 10.5 Å². The molecule has 2 aromatic heterocycles. The normalized spacial score (nSPS) is 12.1. The second kappa shape index (κ2) is 9.09. The first-order valence-electron chi connectivity index (χ1n) is 9.68. The lowest BCUT2D eigenvalue weighted by Gasteiger charge is -2.12. The first-order valence-corrected chi connectivity index (χ1v) is 11.4. The van der Waals surface area contributed by atoms with E-state index in [1.54, 1.807) is 18.3 Å². The largest absolute Gasteiger partial charge is 0.593 e. The summed E-state index contributed by atoms with van der Waals surface area (Å²) in [6.45, 7) is 1.92. The van der Waals surface area contributed by atoms with Gasteiger partial charge in [0.15, 0.2) is 5.78 Å². The molecule has 8 heteroatoms. The van der Waals surface area contributed by atoms with Crippen LogP contribution in [0.1, 0.15) is 29.3 Å². The summed E-state index contributed by atoms with van der Waals surface area (Å²) in [6, 6.07) is 13.2. The average molecular weight is 456 g/mol. The van der Waals surface area contributed by atoms with Crippen LogP contribution in [0.15, 0.2) is 60.9 Å². The summed E-state index contributed by atoms with van der Waals surface area (Å²) in [5, 5.41) is 1.21. The van der Waals surface area contributed by atoms with Crippen LogP contribution >= 0.6 is 11.6 Å². The molecular formula is C23H19ClFN3O2S. The summed E-state index contributed by atoms with van der Waals surface area (Å²) in [4.78, 5) is 20.5. The lowest BCUT2D eigenvalue weighted by Crippen LogP contribution is -2.16. The molecular weight excluding hydrogens is 437 g/mol. The van der Waals surface area contributed by atoms with Gasteiger partial charge in [-0.15, -0.1) is 0 Å². The topological polar surface area (TPSA) is 80.8 Å². The number of hydrogen-bond donors (Lipinski definition) is 2. The summed E-state index contributed by atoms with van der Waals surface area (Å²) in [6.07, 6.45) is 3.97. The van der Waals surface area contributed by atoms with E-state index in [2.05, 4.69) is 14.7 Å². The number of pyridine rings is 1. The zero-order valence-corrected chi connectivity index (χ0v) is 18.2. The van der Waals surface area contributed by atoms with Crippen molar-refractivity contribution < 1.29 is 13.7 Å². The second-order valence-electron chi connectivity index (χ2n) is 7.00. The van der Waals surface area contributed by atoms with Gasteiger partial charge in [0.25, 0.3) is 0 Å². The molecule has 0 radical (unpaired) electrons. The van der Waals surface area contributed by atoms with Crippen molar-refractivity contribution in [3.8, 4) is 11.1 Å². The third kappa shape index (κ3) is 4.58. The van der Waals surface area contributed by atoms with E-state index in [1.165, 1.54) is 24.4 Å². The molecule has 0 amide bonds. The van der Waals surface area contributed by atoms with E-state index in [0.717, 1.165) is 17.5 Å². The summed E-state index contributed by atoms with van der Waals surface area (Å²) >= 11 is 4.67. The smallest absolute Gasteiger partial charge is 0.198 e. The van der Waals surface area contributed by atoms with Crippen LogP contribution in [0.25, 0.3) is 22.2 Å². The molecule has 1 atom stereocenters. The Bertz CT molecular complexity index is 1240. The van der Waals surface area contributed by atoms with Gasteiger partial charge in [-0.1, -0.05) is 30.7 Å². The van der Waals surface area contributed by atoms with E-state index in [1.807, 2.05) is 25.1 Å². The molecule has 0 spiro atoms. The molecule has 2 heterocycles. The number of fused-ring (bicyclic) bond motifs is 1. The number of anilines is 1. The van der Waals surface area contributed by atoms with Gasteiger partial charge >= 0.3 is 0 Å². The zero-order chi connectivity index (χ0) is 22.0. The molecule has 5 nitrogen and oxygen atoms in total. The number of H-pyrrole nitrogens is 1. The van der Waals surface area contributed by atoms with Crippen molar-refractivity contribution in [1.82, 2.24) is 9.97 Å². The monoisotopic (exact) mass is 455 g/mol. The molecule has 4 rings (SSSR count). The Kier molecular flexibility index (Phi) is 6.27. The highest BCUT2D eigenvalue weighted by atomic mass is 35.5. The van der Waals surface area contributed by atoms with Gasteiger partial charge in [0, 0.05) is 33.9 Å². The van der Waals surface area contributed by atoms with Crippen LogP contribution in [-0.2, 0) is 11.4 Å². The Morgan fingerprint density at radius 3 is 2.68 bits per heavy atom. The van der Waals surface area contributed by atoms with Gasteiger partial charge in [-0.2, -0.15) is 0 Å². The average Bonchev–Trinajstić information content (AvgIpc) is 3.18. The summed E-state index contributed by atoms with van der Waals surface area (Å²) in [5.41, 5.74) is 2.87. The van der Waals surface area contributed by atoms with E-state index in [4.69, 9.17) is 11.6 Å². The molecule has 0 saturated heterocycles. The highest BCUT2D eigenvalue weighted by Crippen LogP contribution is 2.28. The quantitative estimate of drug-likeness (QED) is 0.275. The molecule has 2 aromatic carbocycles. The maximum absolute atomic E-state index is 14.5. The van der Waals surface area contributed by atoms with Crippen LogP contribution < -0.4 is 4.72 Å². The van der Waals surface area contributed by atoms with Crippen LogP contribution in [0.4, 0.5) is 10.1 Å². The fourth-order valence-electron chi connectivity index (χ4n) is 3.27. The minimum atomic E-state index is -1.29. The van der Waals surface area contributed by atoms with E-state index in [9.17, 15) is 13.7 Å². The Labute approximate surface area is 187 Å². The standard InChI is InChI=1S/C23H19ClFN3O2S/c1-2-9-31(30)28-17-7-8-21(25)19(11-17)22(29)20-13-27-23-18(20)10-15(12-26-23)14-3-5-16(24)6-4-14/h3-8,10-13,28H,2,9H2,1H3,(H,26,27). The fourth-order valence-corrected chi connectivity index (χ4v) is 4.26. The minimum absolute atomic E-state index is 0.101. The predicted octanol–water partition coefficient (Wildman–Crippen LogP) is 5.74. The SMILES string of the molecule is CCC[S+]([O-])Nc1ccc(F)c(C(=O)c2c[nH]c3ncc(-c4ccc(Cl)cc4)cc23)c1. The van der Waals surface area contributed by atoms with Gasteiger partial charge in [0.2, 0.25) is 0 Å². The van der Waals surface area contributed by atoms with Gasteiger partial charge in [-0.25, -0.2) is 14.1 Å². The van der Waals surface area contributed by atoms with E-state index in [-0.39, 0.29) is 5.56 Å². The Morgan fingerprint density at radius 2 is 1.94 bits per heavy atom. The molecule has 31 heavy (non-hydrogen) atoms. The number of rotatable bonds is 7. The first-order chi connectivity index (χ1) is 15.0. The van der Waals surface area contributed by atoms with Crippen LogP contribution in [0, 0.1) is 5.82 Å². The maximum atomic E-state index is 14.5. The highest BCUT2D eigenvalue weighted by molar-refractivity contribution is 7.92. The third-order valence-electron chi connectivity index (χ3n) is 4.79. The van der Waals surface area contributed by atoms with Crippen molar-refractivity contribution in [3.05, 3.63) is 82.9 Å². The minimum Gasteiger partial charge on any atom is -0.593 e. The molecule has 0 aliphatic heterocycles. The zero-order valence-electron chi connectivity index (χ0n) is 16.6. The molecule has 0 fully saturated rings. The fraction of sp³-hybridized carbons (Fsp3) is 0.130. The van der Waals surface area contributed by atoms with Crippen LogP contribution in [0.2, 0.25) is 5.02 Å². The van der Waals surface area contributed by atoms with Crippen LogP contribution in [0.5, 0.6) is 0 Å². The number of aromatic nitrogens is 2. The van der Waals surface area contributed by atoms with E-state index in [0.29, 0.717) is 33.1 Å². The first kappa shape index (κ1) is 21.4.